The van der Waals surface area contributed by atoms with Crippen molar-refractivity contribution in [1.29, 1.82) is 0 Å². The van der Waals surface area contributed by atoms with Crippen LogP contribution in [0.3, 0.4) is 0 Å². The topological polar surface area (TPSA) is 68.2 Å². The van der Waals surface area contributed by atoms with E-state index >= 15 is 0 Å². The number of hydrogen-bond donors (Lipinski definition) is 2. The molecule has 0 spiro atoms. The minimum absolute atomic E-state index is 0.178. The summed E-state index contributed by atoms with van der Waals surface area (Å²) in [6.07, 6.45) is 6.68. The number of anilines is 1. The molecule has 2 N–H and O–H groups in total. The van der Waals surface area contributed by atoms with E-state index < -0.39 is 0 Å². The molecule has 1 aliphatic heterocycles. The summed E-state index contributed by atoms with van der Waals surface area (Å²) in [7, 11) is 0. The third kappa shape index (κ3) is 3.88. The van der Waals surface area contributed by atoms with Crippen LogP contribution in [0.5, 0.6) is 5.75 Å². The molecule has 1 aliphatic rings. The summed E-state index contributed by atoms with van der Waals surface area (Å²) in [4.78, 5) is 16.3. The van der Waals surface area contributed by atoms with Crippen LogP contribution in [0.1, 0.15) is 31.7 Å². The number of aromatic nitrogens is 2. The van der Waals surface area contributed by atoms with Crippen LogP contribution < -0.4 is 15.4 Å². The molecule has 2 aromatic rings. The molecule has 0 fully saturated rings. The highest BCUT2D eigenvalue weighted by Crippen LogP contribution is 2.30. The lowest BCUT2D eigenvalue weighted by Gasteiger charge is -2.10. The number of aryl methyl sites for hydroxylation is 2. The van der Waals surface area contributed by atoms with E-state index in [2.05, 4.69) is 27.1 Å². The largest absolute Gasteiger partial charge is 0.490 e. The fourth-order valence-electron chi connectivity index (χ4n) is 2.98. The Hall–Kier alpha value is -2.50. The van der Waals surface area contributed by atoms with Crippen molar-refractivity contribution in [2.24, 2.45) is 0 Å². The summed E-state index contributed by atoms with van der Waals surface area (Å²) in [5.41, 5.74) is 1.94. The molecule has 1 aromatic heterocycles. The van der Waals surface area contributed by atoms with Gasteiger partial charge in [-0.25, -0.2) is 9.78 Å². The molecule has 128 valence electrons. The number of carbonyl (C=O) groups is 1. The number of benzene rings is 1. The van der Waals surface area contributed by atoms with E-state index in [9.17, 15) is 4.79 Å². The Bertz CT molecular complexity index is 711. The van der Waals surface area contributed by atoms with Crippen molar-refractivity contribution in [3.63, 3.8) is 0 Å². The van der Waals surface area contributed by atoms with E-state index in [-0.39, 0.29) is 12.1 Å². The van der Waals surface area contributed by atoms with Crippen molar-refractivity contribution in [2.75, 3.05) is 11.9 Å². The number of fused-ring (bicyclic) bond motifs is 1. The molecule has 0 saturated carbocycles. The standard InChI is InChI=1S/C18H24N4O2/c1-3-17-19-8-10-22(17)9-4-7-20-18(23)21-15-5-6-16-14(12-15)11-13(2)24-16/h5-6,8,10,12-13H,3-4,7,9,11H2,1-2H3,(H2,20,21,23)/t13-/m1/s1. The van der Waals surface area contributed by atoms with Crippen LogP contribution in [0.4, 0.5) is 10.5 Å². The summed E-state index contributed by atoms with van der Waals surface area (Å²) >= 11 is 0. The summed E-state index contributed by atoms with van der Waals surface area (Å²) in [5, 5.41) is 5.77. The fourth-order valence-corrected chi connectivity index (χ4v) is 2.98. The highest BCUT2D eigenvalue weighted by Gasteiger charge is 2.19. The Morgan fingerprint density at radius 3 is 3.17 bits per heavy atom. The van der Waals surface area contributed by atoms with E-state index in [0.29, 0.717) is 6.54 Å². The number of imidazole rings is 1. The third-order valence-corrected chi connectivity index (χ3v) is 4.13. The third-order valence-electron chi connectivity index (χ3n) is 4.13. The molecule has 1 aromatic carbocycles. The van der Waals surface area contributed by atoms with Gasteiger partial charge >= 0.3 is 6.03 Å². The van der Waals surface area contributed by atoms with Crippen LogP contribution >= 0.6 is 0 Å². The Labute approximate surface area is 142 Å². The van der Waals surface area contributed by atoms with Gasteiger partial charge in [-0.3, -0.25) is 0 Å². The van der Waals surface area contributed by atoms with Gasteiger partial charge in [0.1, 0.15) is 17.7 Å². The lowest BCUT2D eigenvalue weighted by molar-refractivity contribution is 0.251. The summed E-state index contributed by atoms with van der Waals surface area (Å²) < 4.78 is 7.79. The van der Waals surface area contributed by atoms with Gasteiger partial charge in [0, 0.05) is 44.0 Å². The zero-order chi connectivity index (χ0) is 16.9. The normalized spacial score (nSPS) is 15.7. The predicted molar refractivity (Wildman–Crippen MR) is 93.5 cm³/mol. The van der Waals surface area contributed by atoms with Gasteiger partial charge in [-0.15, -0.1) is 0 Å². The Morgan fingerprint density at radius 1 is 1.46 bits per heavy atom. The summed E-state index contributed by atoms with van der Waals surface area (Å²) in [6, 6.07) is 5.59. The molecular weight excluding hydrogens is 304 g/mol. The monoisotopic (exact) mass is 328 g/mol. The first kappa shape index (κ1) is 16.4. The van der Waals surface area contributed by atoms with Crippen LogP contribution in [-0.2, 0) is 19.4 Å². The van der Waals surface area contributed by atoms with Gasteiger partial charge in [-0.05, 0) is 37.1 Å². The molecule has 6 nitrogen and oxygen atoms in total. The highest BCUT2D eigenvalue weighted by molar-refractivity contribution is 5.89. The van der Waals surface area contributed by atoms with Gasteiger partial charge in [-0.1, -0.05) is 6.92 Å². The smallest absolute Gasteiger partial charge is 0.319 e. The number of hydrogen-bond acceptors (Lipinski definition) is 3. The van der Waals surface area contributed by atoms with Crippen molar-refractivity contribution in [2.45, 2.75) is 45.8 Å². The second kappa shape index (κ2) is 7.38. The van der Waals surface area contributed by atoms with Crippen LogP contribution in [0.15, 0.2) is 30.6 Å². The minimum atomic E-state index is -0.178. The number of amides is 2. The van der Waals surface area contributed by atoms with Crippen LogP contribution in [0.25, 0.3) is 0 Å². The quantitative estimate of drug-likeness (QED) is 0.801. The molecule has 1 atom stereocenters. The summed E-state index contributed by atoms with van der Waals surface area (Å²) in [5.74, 6) is 1.99. The second-order valence-electron chi connectivity index (χ2n) is 6.08. The van der Waals surface area contributed by atoms with Gasteiger partial charge in [-0.2, -0.15) is 0 Å². The number of nitrogens with zero attached hydrogens (tertiary/aromatic N) is 2. The maximum atomic E-state index is 12.0. The molecule has 2 amide bonds. The zero-order valence-electron chi connectivity index (χ0n) is 14.2. The lowest BCUT2D eigenvalue weighted by Crippen LogP contribution is -2.30. The average molecular weight is 328 g/mol. The van der Waals surface area contributed by atoms with E-state index in [1.165, 1.54) is 0 Å². The first-order chi connectivity index (χ1) is 11.7. The molecule has 6 heteroatoms. The van der Waals surface area contributed by atoms with Crippen LogP contribution in [0, 0.1) is 0 Å². The van der Waals surface area contributed by atoms with Crippen molar-refractivity contribution < 1.29 is 9.53 Å². The van der Waals surface area contributed by atoms with E-state index in [1.54, 1.807) is 0 Å². The Kier molecular flexibility index (Phi) is 5.03. The average Bonchev–Trinajstić information content (AvgIpc) is 3.16. The predicted octanol–water partition coefficient (Wildman–Crippen LogP) is 2.98. The van der Waals surface area contributed by atoms with E-state index in [1.807, 2.05) is 37.5 Å². The van der Waals surface area contributed by atoms with Crippen LogP contribution in [-0.4, -0.2) is 28.2 Å². The second-order valence-corrected chi connectivity index (χ2v) is 6.08. The molecular formula is C18H24N4O2. The minimum Gasteiger partial charge on any atom is -0.490 e. The highest BCUT2D eigenvalue weighted by atomic mass is 16.5. The molecule has 24 heavy (non-hydrogen) atoms. The first-order valence-electron chi connectivity index (χ1n) is 8.50. The Balaban J connectivity index is 1.42. The van der Waals surface area contributed by atoms with E-state index in [4.69, 9.17) is 4.74 Å². The maximum absolute atomic E-state index is 12.0. The van der Waals surface area contributed by atoms with E-state index in [0.717, 1.165) is 48.6 Å². The molecule has 0 aliphatic carbocycles. The molecule has 0 bridgehead atoms. The van der Waals surface area contributed by atoms with Crippen molar-refractivity contribution >= 4 is 11.7 Å². The van der Waals surface area contributed by atoms with Gasteiger partial charge in [0.25, 0.3) is 0 Å². The van der Waals surface area contributed by atoms with Crippen LogP contribution in [0.2, 0.25) is 0 Å². The molecule has 2 heterocycles. The lowest BCUT2D eigenvalue weighted by atomic mass is 10.1. The van der Waals surface area contributed by atoms with Crippen molar-refractivity contribution in [3.05, 3.63) is 42.0 Å². The first-order valence-corrected chi connectivity index (χ1v) is 8.50. The molecule has 0 radical (unpaired) electrons. The zero-order valence-corrected chi connectivity index (χ0v) is 14.2. The van der Waals surface area contributed by atoms with Gasteiger partial charge in [0.05, 0.1) is 0 Å². The molecule has 0 unspecified atom stereocenters. The number of carbonyl (C=O) groups excluding carboxylic acids is 1. The molecule has 0 saturated heterocycles. The van der Waals surface area contributed by atoms with Crippen molar-refractivity contribution in [1.82, 2.24) is 14.9 Å². The molecule has 3 rings (SSSR count). The SMILES string of the molecule is CCc1nccn1CCCNC(=O)Nc1ccc2c(c1)C[C@@H](C)O2. The summed E-state index contributed by atoms with van der Waals surface area (Å²) in [6.45, 7) is 5.62. The Morgan fingerprint density at radius 2 is 2.33 bits per heavy atom. The number of rotatable bonds is 6. The number of ether oxygens (including phenoxy) is 1. The van der Waals surface area contributed by atoms with Gasteiger partial charge < -0.3 is 19.9 Å². The number of nitrogens with one attached hydrogen (secondary N) is 2. The maximum Gasteiger partial charge on any atom is 0.319 e. The fraction of sp³-hybridized carbons (Fsp3) is 0.444. The van der Waals surface area contributed by atoms with Gasteiger partial charge in [0.2, 0.25) is 0 Å². The number of urea groups is 1. The van der Waals surface area contributed by atoms with Gasteiger partial charge in [0.15, 0.2) is 0 Å². The van der Waals surface area contributed by atoms with Crippen molar-refractivity contribution in [3.8, 4) is 5.75 Å².